The Balaban J connectivity index is 2.15. The van der Waals surface area contributed by atoms with E-state index in [-0.39, 0.29) is 0 Å². The summed E-state index contributed by atoms with van der Waals surface area (Å²) < 4.78 is 5.47. The second-order valence-electron chi connectivity index (χ2n) is 2.30. The lowest BCUT2D eigenvalue weighted by atomic mass is 10.3. The lowest BCUT2D eigenvalue weighted by Crippen LogP contribution is -1.79. The minimum Gasteiger partial charge on any atom is -0.456 e. The van der Waals surface area contributed by atoms with Crippen LogP contribution in [-0.2, 0) is 0 Å². The quantitative estimate of drug-likeness (QED) is 0.680. The summed E-state index contributed by atoms with van der Waals surface area (Å²) >= 11 is 1.51. The number of para-hydroxylation sites is 1. The Morgan fingerprint density at radius 1 is 1.08 bits per heavy atom. The molecule has 0 aliphatic heterocycles. The maximum Gasteiger partial charge on any atom is 0.146 e. The van der Waals surface area contributed by atoms with E-state index in [1.807, 2.05) is 41.8 Å². The first-order valence-electron chi connectivity index (χ1n) is 3.63. The minimum atomic E-state index is 0.784. The molecule has 0 fully saturated rings. The molecule has 0 saturated heterocycles. The lowest BCUT2D eigenvalue weighted by molar-refractivity contribution is 0.484. The van der Waals surface area contributed by atoms with Crippen molar-refractivity contribution in [2.75, 3.05) is 0 Å². The van der Waals surface area contributed by atoms with Crippen LogP contribution in [-0.4, -0.2) is 0 Å². The molecule has 0 aliphatic carbocycles. The maximum absolute atomic E-state index is 5.47. The molecule has 0 aliphatic rings. The van der Waals surface area contributed by atoms with Crippen molar-refractivity contribution >= 4 is 11.3 Å². The van der Waals surface area contributed by atoms with Gasteiger partial charge in [0.2, 0.25) is 0 Å². The van der Waals surface area contributed by atoms with Crippen LogP contribution in [0.3, 0.4) is 0 Å². The van der Waals surface area contributed by atoms with Crippen LogP contribution in [0.1, 0.15) is 0 Å². The first kappa shape index (κ1) is 7.37. The van der Waals surface area contributed by atoms with E-state index in [0.29, 0.717) is 0 Å². The first-order valence-corrected chi connectivity index (χ1v) is 4.51. The zero-order valence-corrected chi connectivity index (χ0v) is 7.17. The van der Waals surface area contributed by atoms with Crippen LogP contribution in [0.5, 0.6) is 11.5 Å². The molecule has 2 heteroatoms. The van der Waals surface area contributed by atoms with Crippen molar-refractivity contribution in [3.8, 4) is 11.5 Å². The van der Waals surface area contributed by atoms with Gasteiger partial charge in [0.05, 0.1) is 5.38 Å². The van der Waals surface area contributed by atoms with Gasteiger partial charge < -0.3 is 4.74 Å². The third-order valence-electron chi connectivity index (χ3n) is 1.42. The van der Waals surface area contributed by atoms with Gasteiger partial charge >= 0.3 is 0 Å². The Morgan fingerprint density at radius 2 is 1.92 bits per heavy atom. The normalized spacial score (nSPS) is 9.67. The highest BCUT2D eigenvalue weighted by Crippen LogP contribution is 2.21. The summed E-state index contributed by atoms with van der Waals surface area (Å²) in [6, 6.07) is 11.6. The van der Waals surface area contributed by atoms with E-state index in [1.54, 1.807) is 0 Å². The van der Waals surface area contributed by atoms with Crippen molar-refractivity contribution in [2.24, 2.45) is 0 Å². The summed E-state index contributed by atoms with van der Waals surface area (Å²) in [4.78, 5) is 0. The molecule has 12 heavy (non-hydrogen) atoms. The minimum absolute atomic E-state index is 0.784. The highest BCUT2D eigenvalue weighted by Gasteiger charge is 1.94. The van der Waals surface area contributed by atoms with Crippen LogP contribution in [0.15, 0.2) is 41.8 Å². The molecular formula is C10H7OS. The van der Waals surface area contributed by atoms with Gasteiger partial charge in [0.15, 0.2) is 0 Å². The SMILES string of the molecule is [c]1sccc1Oc1ccccc1. The molecule has 1 nitrogen and oxygen atoms in total. The Hall–Kier alpha value is -1.28. The Morgan fingerprint density at radius 3 is 2.58 bits per heavy atom. The first-order chi connectivity index (χ1) is 5.95. The fraction of sp³-hybridized carbons (Fsp3) is 0. The summed E-state index contributed by atoms with van der Waals surface area (Å²) in [6.07, 6.45) is 0. The third-order valence-corrected chi connectivity index (χ3v) is 2.01. The fourth-order valence-electron chi connectivity index (χ4n) is 0.892. The molecule has 2 aromatic rings. The van der Waals surface area contributed by atoms with Crippen LogP contribution in [0.2, 0.25) is 0 Å². The molecule has 59 valence electrons. The molecule has 0 atom stereocenters. The van der Waals surface area contributed by atoms with E-state index in [4.69, 9.17) is 4.74 Å². The number of thiophene rings is 1. The molecule has 0 spiro atoms. The van der Waals surface area contributed by atoms with Gasteiger partial charge in [0.25, 0.3) is 0 Å². The van der Waals surface area contributed by atoms with Crippen LogP contribution in [0.4, 0.5) is 0 Å². The van der Waals surface area contributed by atoms with E-state index in [2.05, 4.69) is 5.38 Å². The van der Waals surface area contributed by atoms with Gasteiger partial charge in [-0.1, -0.05) is 18.2 Å². The molecule has 1 aromatic carbocycles. The molecule has 1 aromatic heterocycles. The van der Waals surface area contributed by atoms with Gasteiger partial charge in [-0.25, -0.2) is 0 Å². The number of hydrogen-bond donors (Lipinski definition) is 0. The highest BCUT2D eigenvalue weighted by molar-refractivity contribution is 7.07. The molecular weight excluding hydrogens is 168 g/mol. The highest BCUT2D eigenvalue weighted by atomic mass is 32.1. The van der Waals surface area contributed by atoms with Gasteiger partial charge in [-0.15, -0.1) is 11.3 Å². The van der Waals surface area contributed by atoms with Crippen molar-refractivity contribution in [3.05, 3.63) is 47.2 Å². The lowest BCUT2D eigenvalue weighted by Gasteiger charge is -2.00. The number of ether oxygens (including phenoxy) is 1. The van der Waals surface area contributed by atoms with Crippen molar-refractivity contribution < 1.29 is 4.74 Å². The molecule has 1 radical (unpaired) electrons. The van der Waals surface area contributed by atoms with E-state index in [0.717, 1.165) is 11.5 Å². The topological polar surface area (TPSA) is 9.23 Å². The third kappa shape index (κ3) is 1.66. The Labute approximate surface area is 75.2 Å². The second kappa shape index (κ2) is 3.41. The average molecular weight is 175 g/mol. The van der Waals surface area contributed by atoms with Crippen molar-refractivity contribution in [2.45, 2.75) is 0 Å². The van der Waals surface area contributed by atoms with E-state index in [9.17, 15) is 0 Å². The number of benzene rings is 1. The molecule has 2 rings (SSSR count). The van der Waals surface area contributed by atoms with Gasteiger partial charge in [-0.05, 0) is 23.6 Å². The summed E-state index contributed by atoms with van der Waals surface area (Å²) in [7, 11) is 0. The van der Waals surface area contributed by atoms with Crippen LogP contribution in [0.25, 0.3) is 0 Å². The monoisotopic (exact) mass is 175 g/mol. The smallest absolute Gasteiger partial charge is 0.146 e. The maximum atomic E-state index is 5.47. The van der Waals surface area contributed by atoms with Gasteiger partial charge in [0, 0.05) is 0 Å². The van der Waals surface area contributed by atoms with E-state index < -0.39 is 0 Å². The van der Waals surface area contributed by atoms with Crippen LogP contribution >= 0.6 is 11.3 Å². The fourth-order valence-corrected chi connectivity index (χ4v) is 1.38. The summed E-state index contributed by atoms with van der Waals surface area (Å²) in [6.45, 7) is 0. The summed E-state index contributed by atoms with van der Waals surface area (Å²) in [5, 5.41) is 4.95. The summed E-state index contributed by atoms with van der Waals surface area (Å²) in [5.41, 5.74) is 0. The zero-order chi connectivity index (χ0) is 8.23. The summed E-state index contributed by atoms with van der Waals surface area (Å²) in [5.74, 6) is 1.64. The number of rotatable bonds is 2. The van der Waals surface area contributed by atoms with Gasteiger partial charge in [-0.2, -0.15) is 0 Å². The molecule has 1 heterocycles. The molecule has 0 N–H and O–H groups in total. The molecule has 0 unspecified atom stereocenters. The second-order valence-corrected chi connectivity index (χ2v) is 3.01. The largest absolute Gasteiger partial charge is 0.456 e. The van der Waals surface area contributed by atoms with E-state index >= 15 is 0 Å². The molecule has 0 saturated carbocycles. The number of hydrogen-bond acceptors (Lipinski definition) is 2. The predicted molar refractivity (Wildman–Crippen MR) is 49.7 cm³/mol. The zero-order valence-electron chi connectivity index (χ0n) is 6.36. The van der Waals surface area contributed by atoms with Crippen LogP contribution in [0, 0.1) is 5.38 Å². The average Bonchev–Trinajstić information content (AvgIpc) is 2.59. The van der Waals surface area contributed by atoms with Crippen molar-refractivity contribution in [1.82, 2.24) is 0 Å². The Bertz CT molecular complexity index is 326. The van der Waals surface area contributed by atoms with Gasteiger partial charge in [0.1, 0.15) is 11.5 Å². The van der Waals surface area contributed by atoms with Crippen LogP contribution < -0.4 is 4.74 Å². The van der Waals surface area contributed by atoms with Gasteiger partial charge in [-0.3, -0.25) is 0 Å². The Kier molecular flexibility index (Phi) is 2.10. The van der Waals surface area contributed by atoms with Crippen molar-refractivity contribution in [3.63, 3.8) is 0 Å². The predicted octanol–water partition coefficient (Wildman–Crippen LogP) is 3.34. The molecule has 0 bridgehead atoms. The van der Waals surface area contributed by atoms with E-state index in [1.165, 1.54) is 11.3 Å². The van der Waals surface area contributed by atoms with Crippen molar-refractivity contribution in [1.29, 1.82) is 0 Å². The molecule has 0 amide bonds. The standard InChI is InChI=1S/C10H7OS/c1-2-4-9(5-3-1)11-10-6-7-12-8-10/h1-7H.